The molecule has 140 valence electrons. The maximum absolute atomic E-state index is 13.0. The van der Waals surface area contributed by atoms with Crippen molar-refractivity contribution in [1.82, 2.24) is 9.55 Å². The Bertz CT molecular complexity index is 1100. The van der Waals surface area contributed by atoms with Crippen LogP contribution in [-0.4, -0.2) is 15.5 Å². The van der Waals surface area contributed by atoms with Crippen molar-refractivity contribution in [3.05, 3.63) is 56.4 Å². The number of amides is 1. The lowest BCUT2D eigenvalue weighted by Crippen LogP contribution is -2.28. The van der Waals surface area contributed by atoms with Gasteiger partial charge in [-0.25, -0.2) is 4.98 Å². The minimum absolute atomic E-state index is 0.0316. The van der Waals surface area contributed by atoms with Gasteiger partial charge >= 0.3 is 0 Å². The topological polar surface area (TPSA) is 64.0 Å². The molecule has 4 rings (SSSR count). The normalized spacial score (nSPS) is 16.3. The molecule has 1 N–H and O–H groups in total. The molecule has 1 aromatic carbocycles. The first-order valence-electron chi connectivity index (χ1n) is 9.29. The molecule has 6 heteroatoms. The molecule has 0 spiro atoms. The Morgan fingerprint density at radius 3 is 2.96 bits per heavy atom. The van der Waals surface area contributed by atoms with E-state index in [0.29, 0.717) is 11.3 Å². The molecule has 27 heavy (non-hydrogen) atoms. The molecule has 0 aliphatic heterocycles. The highest BCUT2D eigenvalue weighted by Crippen LogP contribution is 2.35. The first kappa shape index (κ1) is 17.9. The van der Waals surface area contributed by atoms with Crippen LogP contribution in [0.3, 0.4) is 0 Å². The van der Waals surface area contributed by atoms with Crippen LogP contribution in [0.15, 0.2) is 29.3 Å². The average Bonchev–Trinajstić information content (AvgIpc) is 2.98. The van der Waals surface area contributed by atoms with Crippen LogP contribution in [-0.2, 0) is 24.2 Å². The molecular weight excluding hydrogens is 358 g/mol. The maximum atomic E-state index is 13.0. The van der Waals surface area contributed by atoms with E-state index >= 15 is 0 Å². The quantitative estimate of drug-likeness (QED) is 0.750. The van der Waals surface area contributed by atoms with Crippen LogP contribution >= 0.6 is 11.3 Å². The predicted molar refractivity (Wildman–Crippen MR) is 110 cm³/mol. The van der Waals surface area contributed by atoms with Crippen LogP contribution in [0.2, 0.25) is 0 Å². The minimum atomic E-state index is -0.220. The number of carbonyl (C=O) groups is 1. The molecular formula is C21H23N3O2S. The number of aryl methyl sites for hydroxylation is 3. The summed E-state index contributed by atoms with van der Waals surface area (Å²) in [5.74, 6) is 0.430. The standard InChI is InChI=1S/C21H23N3O2S/c1-12-5-7-16(14(3)8-12)23-18(25)10-24-11-22-20-19(21(24)26)15-6-4-13(2)9-17(15)27-20/h5,7-8,11,13H,4,6,9-10H2,1-3H3,(H,23,25)/t13-/m1/s1. The molecule has 0 unspecified atom stereocenters. The fraction of sp³-hybridized carbons (Fsp3) is 0.381. The number of benzene rings is 1. The SMILES string of the molecule is Cc1ccc(NC(=O)Cn2cnc3sc4c(c3c2=O)CC[C@@H](C)C4)c(C)c1. The molecule has 0 saturated heterocycles. The Labute approximate surface area is 162 Å². The number of rotatable bonds is 3. The number of aromatic nitrogens is 2. The van der Waals surface area contributed by atoms with Gasteiger partial charge in [0.15, 0.2) is 0 Å². The Balaban J connectivity index is 1.61. The highest BCUT2D eigenvalue weighted by atomic mass is 32.1. The van der Waals surface area contributed by atoms with Crippen molar-refractivity contribution >= 4 is 33.1 Å². The molecule has 2 aromatic heterocycles. The number of fused-ring (bicyclic) bond motifs is 3. The van der Waals surface area contributed by atoms with E-state index in [1.807, 2.05) is 32.0 Å². The number of hydrogen-bond acceptors (Lipinski definition) is 4. The zero-order chi connectivity index (χ0) is 19.1. The third-order valence-corrected chi connectivity index (χ3v) is 6.41. The van der Waals surface area contributed by atoms with E-state index in [2.05, 4.69) is 17.2 Å². The second-order valence-electron chi connectivity index (χ2n) is 7.58. The predicted octanol–water partition coefficient (Wildman–Crippen LogP) is 3.84. The van der Waals surface area contributed by atoms with Gasteiger partial charge in [-0.15, -0.1) is 11.3 Å². The van der Waals surface area contributed by atoms with Gasteiger partial charge < -0.3 is 5.32 Å². The lowest BCUT2D eigenvalue weighted by molar-refractivity contribution is -0.116. The summed E-state index contributed by atoms with van der Waals surface area (Å²) in [6.45, 7) is 6.19. The fourth-order valence-electron chi connectivity index (χ4n) is 3.78. The lowest BCUT2D eigenvalue weighted by Gasteiger charge is -2.17. The summed E-state index contributed by atoms with van der Waals surface area (Å²) in [7, 11) is 0. The van der Waals surface area contributed by atoms with Crippen LogP contribution in [0.4, 0.5) is 5.69 Å². The van der Waals surface area contributed by atoms with Crippen LogP contribution in [0.25, 0.3) is 10.2 Å². The second kappa shape index (κ2) is 6.93. The summed E-state index contributed by atoms with van der Waals surface area (Å²) in [6.07, 6.45) is 4.53. The van der Waals surface area contributed by atoms with Gasteiger partial charge in [-0.3, -0.25) is 14.2 Å². The van der Waals surface area contributed by atoms with Crippen molar-refractivity contribution < 1.29 is 4.79 Å². The van der Waals surface area contributed by atoms with Gasteiger partial charge in [0.05, 0.1) is 11.7 Å². The van der Waals surface area contributed by atoms with Crippen molar-refractivity contribution in [3.63, 3.8) is 0 Å². The van der Waals surface area contributed by atoms with Crippen LogP contribution in [0.5, 0.6) is 0 Å². The van der Waals surface area contributed by atoms with Gasteiger partial charge in [-0.2, -0.15) is 0 Å². The smallest absolute Gasteiger partial charge is 0.262 e. The lowest BCUT2D eigenvalue weighted by atomic mass is 9.89. The zero-order valence-corrected chi connectivity index (χ0v) is 16.7. The monoisotopic (exact) mass is 381 g/mol. The number of thiophene rings is 1. The summed E-state index contributed by atoms with van der Waals surface area (Å²) in [5, 5.41) is 3.61. The Kier molecular flexibility index (Phi) is 4.60. The second-order valence-corrected chi connectivity index (χ2v) is 8.66. The summed E-state index contributed by atoms with van der Waals surface area (Å²) < 4.78 is 1.42. The van der Waals surface area contributed by atoms with E-state index < -0.39 is 0 Å². The fourth-order valence-corrected chi connectivity index (χ4v) is 5.12. The van der Waals surface area contributed by atoms with Gasteiger partial charge in [0.25, 0.3) is 5.56 Å². The van der Waals surface area contributed by atoms with Crippen LogP contribution < -0.4 is 10.9 Å². The minimum Gasteiger partial charge on any atom is -0.324 e. The Hall–Kier alpha value is -2.47. The number of hydrogen-bond donors (Lipinski definition) is 1. The number of nitrogens with zero attached hydrogens (tertiary/aromatic N) is 2. The molecule has 5 nitrogen and oxygen atoms in total. The summed E-state index contributed by atoms with van der Waals surface area (Å²) >= 11 is 1.63. The third-order valence-electron chi connectivity index (χ3n) is 5.25. The summed E-state index contributed by atoms with van der Waals surface area (Å²) in [5.41, 5.74) is 3.96. The molecule has 1 atom stereocenters. The average molecular weight is 382 g/mol. The highest BCUT2D eigenvalue weighted by Gasteiger charge is 2.23. The third kappa shape index (κ3) is 3.41. The highest BCUT2D eigenvalue weighted by molar-refractivity contribution is 7.18. The van der Waals surface area contributed by atoms with Crippen molar-refractivity contribution in [2.45, 2.75) is 46.6 Å². The molecule has 0 saturated carbocycles. The molecule has 1 amide bonds. The summed E-state index contributed by atoms with van der Waals surface area (Å²) in [6, 6.07) is 5.87. The molecule has 0 fully saturated rings. The molecule has 0 radical (unpaired) electrons. The Morgan fingerprint density at radius 2 is 2.19 bits per heavy atom. The Morgan fingerprint density at radius 1 is 1.37 bits per heavy atom. The first-order chi connectivity index (χ1) is 12.9. The van der Waals surface area contributed by atoms with E-state index in [0.717, 1.165) is 46.5 Å². The van der Waals surface area contributed by atoms with Crippen molar-refractivity contribution in [1.29, 1.82) is 0 Å². The van der Waals surface area contributed by atoms with E-state index in [9.17, 15) is 9.59 Å². The number of anilines is 1. The molecule has 2 heterocycles. The summed E-state index contributed by atoms with van der Waals surface area (Å²) in [4.78, 5) is 32.0. The van der Waals surface area contributed by atoms with Crippen LogP contribution in [0.1, 0.15) is 34.9 Å². The zero-order valence-electron chi connectivity index (χ0n) is 15.8. The van der Waals surface area contributed by atoms with E-state index in [1.54, 1.807) is 11.3 Å². The molecule has 1 aliphatic rings. The van der Waals surface area contributed by atoms with Crippen molar-refractivity contribution in [2.24, 2.45) is 5.92 Å². The van der Waals surface area contributed by atoms with Gasteiger partial charge in [0.1, 0.15) is 11.4 Å². The first-order valence-corrected chi connectivity index (χ1v) is 10.1. The van der Waals surface area contributed by atoms with Gasteiger partial charge in [0, 0.05) is 10.6 Å². The van der Waals surface area contributed by atoms with Crippen molar-refractivity contribution in [3.8, 4) is 0 Å². The van der Waals surface area contributed by atoms with E-state index in [1.165, 1.54) is 15.8 Å². The van der Waals surface area contributed by atoms with Gasteiger partial charge in [-0.1, -0.05) is 24.6 Å². The molecule has 0 bridgehead atoms. The van der Waals surface area contributed by atoms with Gasteiger partial charge in [0.2, 0.25) is 5.91 Å². The maximum Gasteiger partial charge on any atom is 0.262 e. The number of carbonyl (C=O) groups excluding carboxylic acids is 1. The van der Waals surface area contributed by atoms with E-state index in [4.69, 9.17) is 0 Å². The molecule has 1 aliphatic carbocycles. The largest absolute Gasteiger partial charge is 0.324 e. The number of nitrogens with one attached hydrogen (secondary N) is 1. The van der Waals surface area contributed by atoms with Crippen molar-refractivity contribution in [2.75, 3.05) is 5.32 Å². The molecule has 3 aromatic rings. The van der Waals surface area contributed by atoms with Gasteiger partial charge in [-0.05, 0) is 56.2 Å². The van der Waals surface area contributed by atoms with Crippen LogP contribution in [0, 0.1) is 19.8 Å². The van der Waals surface area contributed by atoms with E-state index in [-0.39, 0.29) is 18.0 Å².